The summed E-state index contributed by atoms with van der Waals surface area (Å²) in [4.78, 5) is 0. The molecule has 1 atom stereocenters. The van der Waals surface area contributed by atoms with Crippen LogP contribution in [0.1, 0.15) is 36.5 Å². The number of aryl methyl sites for hydroxylation is 1. The van der Waals surface area contributed by atoms with Gasteiger partial charge in [-0.3, -0.25) is 0 Å². The first-order chi connectivity index (χ1) is 7.18. The zero-order valence-corrected chi connectivity index (χ0v) is 9.24. The van der Waals surface area contributed by atoms with E-state index in [-0.39, 0.29) is 5.41 Å². The lowest BCUT2D eigenvalue weighted by Gasteiger charge is -2.45. The van der Waals surface area contributed by atoms with Crippen LogP contribution in [0.15, 0.2) is 24.3 Å². The van der Waals surface area contributed by atoms with Crippen LogP contribution < -0.4 is 5.73 Å². The van der Waals surface area contributed by atoms with Crippen LogP contribution >= 0.6 is 0 Å². The molecule has 82 valence electrons. The molecule has 1 fully saturated rings. The fourth-order valence-corrected chi connectivity index (χ4v) is 2.41. The summed E-state index contributed by atoms with van der Waals surface area (Å²) >= 11 is 0. The fourth-order valence-electron chi connectivity index (χ4n) is 2.41. The van der Waals surface area contributed by atoms with Crippen molar-refractivity contribution in [3.63, 3.8) is 0 Å². The smallest absolute Gasteiger partial charge is 0.0858 e. The second kappa shape index (κ2) is 3.95. The summed E-state index contributed by atoms with van der Waals surface area (Å²) in [5.74, 6) is 0. The minimum Gasteiger partial charge on any atom is -0.388 e. The molecule has 0 aliphatic heterocycles. The van der Waals surface area contributed by atoms with Crippen molar-refractivity contribution >= 4 is 0 Å². The van der Waals surface area contributed by atoms with Gasteiger partial charge in [-0.2, -0.15) is 0 Å². The second-order valence-corrected chi connectivity index (χ2v) is 4.74. The van der Waals surface area contributed by atoms with Crippen LogP contribution in [0.3, 0.4) is 0 Å². The number of nitrogens with two attached hydrogens (primary N) is 1. The Bertz CT molecular complexity index is 339. The molecule has 2 nitrogen and oxygen atoms in total. The van der Waals surface area contributed by atoms with Crippen LogP contribution in [0.4, 0.5) is 0 Å². The second-order valence-electron chi connectivity index (χ2n) is 4.74. The largest absolute Gasteiger partial charge is 0.388 e. The van der Waals surface area contributed by atoms with Crippen molar-refractivity contribution < 1.29 is 5.11 Å². The molecule has 1 aliphatic carbocycles. The van der Waals surface area contributed by atoms with Gasteiger partial charge in [0.05, 0.1) is 6.10 Å². The van der Waals surface area contributed by atoms with Crippen molar-refractivity contribution in [1.29, 1.82) is 0 Å². The van der Waals surface area contributed by atoms with E-state index >= 15 is 0 Å². The maximum absolute atomic E-state index is 10.3. The van der Waals surface area contributed by atoms with E-state index < -0.39 is 6.10 Å². The zero-order valence-electron chi connectivity index (χ0n) is 9.24. The van der Waals surface area contributed by atoms with Gasteiger partial charge in [0, 0.05) is 12.0 Å². The van der Waals surface area contributed by atoms with E-state index in [0.29, 0.717) is 6.54 Å². The predicted octanol–water partition coefficient (Wildman–Crippen LogP) is 2.16. The third-order valence-electron chi connectivity index (χ3n) is 3.69. The van der Waals surface area contributed by atoms with Gasteiger partial charge in [-0.15, -0.1) is 0 Å². The highest BCUT2D eigenvalue weighted by Crippen LogP contribution is 2.49. The molecule has 0 spiro atoms. The molecule has 1 unspecified atom stereocenters. The Morgan fingerprint density at radius 2 is 2.20 bits per heavy atom. The van der Waals surface area contributed by atoms with Gasteiger partial charge in [0.25, 0.3) is 0 Å². The molecule has 0 saturated heterocycles. The first-order valence-corrected chi connectivity index (χ1v) is 5.63. The Morgan fingerprint density at radius 3 is 2.67 bits per heavy atom. The molecule has 1 aliphatic rings. The molecule has 1 aromatic carbocycles. The van der Waals surface area contributed by atoms with Crippen LogP contribution in [-0.4, -0.2) is 11.7 Å². The van der Waals surface area contributed by atoms with E-state index in [4.69, 9.17) is 5.73 Å². The van der Waals surface area contributed by atoms with E-state index in [1.807, 2.05) is 25.1 Å². The minimum atomic E-state index is -0.392. The highest BCUT2D eigenvalue weighted by Gasteiger charge is 2.42. The molecule has 0 bridgehead atoms. The molecule has 1 saturated carbocycles. The van der Waals surface area contributed by atoms with Gasteiger partial charge in [0.2, 0.25) is 0 Å². The van der Waals surface area contributed by atoms with Gasteiger partial charge in [-0.25, -0.2) is 0 Å². The average molecular weight is 205 g/mol. The number of benzene rings is 1. The SMILES string of the molecule is Cc1cccc(C(O)C2(CN)CCC2)c1. The van der Waals surface area contributed by atoms with Crippen molar-refractivity contribution in [2.24, 2.45) is 11.1 Å². The molecular weight excluding hydrogens is 186 g/mol. The summed E-state index contributed by atoms with van der Waals surface area (Å²) in [5.41, 5.74) is 7.94. The van der Waals surface area contributed by atoms with E-state index in [1.54, 1.807) is 0 Å². The third-order valence-corrected chi connectivity index (χ3v) is 3.69. The minimum absolute atomic E-state index is 0.0478. The van der Waals surface area contributed by atoms with Gasteiger partial charge in [-0.05, 0) is 25.3 Å². The van der Waals surface area contributed by atoms with Crippen LogP contribution in [0.2, 0.25) is 0 Å². The number of aliphatic hydroxyl groups excluding tert-OH is 1. The first kappa shape index (κ1) is 10.7. The Labute approximate surface area is 91.1 Å². The first-order valence-electron chi connectivity index (χ1n) is 5.63. The van der Waals surface area contributed by atoms with Gasteiger partial charge < -0.3 is 10.8 Å². The average Bonchev–Trinajstić information content (AvgIpc) is 2.17. The molecule has 1 aromatic rings. The number of rotatable bonds is 3. The monoisotopic (exact) mass is 205 g/mol. The summed E-state index contributed by atoms with van der Waals surface area (Å²) in [6, 6.07) is 8.09. The highest BCUT2D eigenvalue weighted by atomic mass is 16.3. The zero-order chi connectivity index (χ0) is 10.9. The lowest BCUT2D eigenvalue weighted by Crippen LogP contribution is -2.42. The lowest BCUT2D eigenvalue weighted by molar-refractivity contribution is -0.0297. The van der Waals surface area contributed by atoms with Gasteiger partial charge >= 0.3 is 0 Å². The normalized spacial score (nSPS) is 20.7. The van der Waals surface area contributed by atoms with Gasteiger partial charge in [0.1, 0.15) is 0 Å². The number of aliphatic hydroxyl groups is 1. The Balaban J connectivity index is 2.23. The molecule has 0 heterocycles. The fraction of sp³-hybridized carbons (Fsp3) is 0.538. The Morgan fingerprint density at radius 1 is 1.47 bits per heavy atom. The molecule has 0 amide bonds. The van der Waals surface area contributed by atoms with Crippen molar-refractivity contribution in [3.05, 3.63) is 35.4 Å². The maximum atomic E-state index is 10.3. The molecule has 2 heteroatoms. The Kier molecular flexibility index (Phi) is 2.81. The third kappa shape index (κ3) is 1.80. The molecule has 0 aromatic heterocycles. The molecule has 3 N–H and O–H groups in total. The molecule has 2 rings (SSSR count). The molecule has 15 heavy (non-hydrogen) atoms. The summed E-state index contributed by atoms with van der Waals surface area (Å²) in [6.07, 6.45) is 2.91. The van der Waals surface area contributed by atoms with Crippen molar-refractivity contribution in [1.82, 2.24) is 0 Å². The van der Waals surface area contributed by atoms with Crippen LogP contribution in [0.25, 0.3) is 0 Å². The Hall–Kier alpha value is -0.860. The topological polar surface area (TPSA) is 46.2 Å². The quantitative estimate of drug-likeness (QED) is 0.794. The van der Waals surface area contributed by atoms with E-state index in [1.165, 1.54) is 12.0 Å². The van der Waals surface area contributed by atoms with Crippen LogP contribution in [0.5, 0.6) is 0 Å². The van der Waals surface area contributed by atoms with Crippen molar-refractivity contribution in [2.75, 3.05) is 6.54 Å². The summed E-state index contributed by atoms with van der Waals surface area (Å²) < 4.78 is 0. The summed E-state index contributed by atoms with van der Waals surface area (Å²) in [6.45, 7) is 2.63. The highest BCUT2D eigenvalue weighted by molar-refractivity contribution is 5.26. The van der Waals surface area contributed by atoms with Crippen LogP contribution in [-0.2, 0) is 0 Å². The summed E-state index contributed by atoms with van der Waals surface area (Å²) in [5, 5.41) is 10.3. The van der Waals surface area contributed by atoms with Crippen LogP contribution in [0, 0.1) is 12.3 Å². The van der Waals surface area contributed by atoms with E-state index in [0.717, 1.165) is 18.4 Å². The van der Waals surface area contributed by atoms with Crippen molar-refractivity contribution in [3.8, 4) is 0 Å². The number of hydrogen-bond acceptors (Lipinski definition) is 2. The predicted molar refractivity (Wildman–Crippen MR) is 61.5 cm³/mol. The van der Waals surface area contributed by atoms with E-state index in [9.17, 15) is 5.11 Å². The van der Waals surface area contributed by atoms with E-state index in [2.05, 4.69) is 6.07 Å². The number of hydrogen-bond donors (Lipinski definition) is 2. The maximum Gasteiger partial charge on any atom is 0.0858 e. The molecule has 0 radical (unpaired) electrons. The van der Waals surface area contributed by atoms with Crippen molar-refractivity contribution in [2.45, 2.75) is 32.3 Å². The standard InChI is InChI=1S/C13H19NO/c1-10-4-2-5-11(8-10)12(15)13(9-14)6-3-7-13/h2,4-5,8,12,15H,3,6-7,9,14H2,1H3. The summed E-state index contributed by atoms with van der Waals surface area (Å²) in [7, 11) is 0. The van der Waals surface area contributed by atoms with Gasteiger partial charge in [0.15, 0.2) is 0 Å². The van der Waals surface area contributed by atoms with Gasteiger partial charge in [-0.1, -0.05) is 36.2 Å². The molecular formula is C13H19NO. The lowest BCUT2D eigenvalue weighted by atomic mass is 9.63.